The number of aromatic hydroxyl groups is 2. The summed E-state index contributed by atoms with van der Waals surface area (Å²) in [6.07, 6.45) is 2.77. The first-order valence-corrected chi connectivity index (χ1v) is 6.34. The van der Waals surface area contributed by atoms with Gasteiger partial charge < -0.3 is 10.2 Å². The maximum Gasteiger partial charge on any atom is 0.355 e. The first-order valence-electron chi connectivity index (χ1n) is 6.34. The fourth-order valence-electron chi connectivity index (χ4n) is 1.57. The standard InChI is InChI=1S/C15H14N4O3/c20-13-5-1-3-11(7-13)9-16-18-15(22)19-17-10-12-4-2-6-14(21)8-12/h1-10,20-21H,(H2,18,19,22)/b16-9-,17-10-. The number of phenols is 2. The first kappa shape index (κ1) is 15.0. The largest absolute Gasteiger partial charge is 0.508 e. The van der Waals surface area contributed by atoms with E-state index in [-0.39, 0.29) is 11.5 Å². The maximum atomic E-state index is 11.4. The molecule has 0 radical (unpaired) electrons. The predicted molar refractivity (Wildman–Crippen MR) is 83.1 cm³/mol. The molecular weight excluding hydrogens is 284 g/mol. The van der Waals surface area contributed by atoms with E-state index in [0.29, 0.717) is 11.1 Å². The van der Waals surface area contributed by atoms with Gasteiger partial charge in [-0.3, -0.25) is 0 Å². The summed E-state index contributed by atoms with van der Waals surface area (Å²) in [5.74, 6) is 0.230. The molecule has 0 fully saturated rings. The van der Waals surface area contributed by atoms with Crippen LogP contribution in [0.3, 0.4) is 0 Å². The molecule has 0 aliphatic heterocycles. The van der Waals surface area contributed by atoms with Crippen molar-refractivity contribution in [2.45, 2.75) is 0 Å². The minimum absolute atomic E-state index is 0.115. The van der Waals surface area contributed by atoms with Gasteiger partial charge >= 0.3 is 6.03 Å². The Morgan fingerprint density at radius 3 is 1.73 bits per heavy atom. The van der Waals surface area contributed by atoms with Crippen LogP contribution in [0.5, 0.6) is 11.5 Å². The highest BCUT2D eigenvalue weighted by molar-refractivity contribution is 5.84. The van der Waals surface area contributed by atoms with Gasteiger partial charge in [-0.2, -0.15) is 10.2 Å². The van der Waals surface area contributed by atoms with Crippen molar-refractivity contribution in [1.29, 1.82) is 0 Å². The Labute approximate surface area is 126 Å². The van der Waals surface area contributed by atoms with Gasteiger partial charge in [-0.05, 0) is 35.4 Å². The van der Waals surface area contributed by atoms with Crippen molar-refractivity contribution < 1.29 is 15.0 Å². The minimum atomic E-state index is -0.618. The highest BCUT2D eigenvalue weighted by atomic mass is 16.3. The average Bonchev–Trinajstić information content (AvgIpc) is 2.47. The van der Waals surface area contributed by atoms with Crippen molar-refractivity contribution in [2.24, 2.45) is 10.2 Å². The van der Waals surface area contributed by atoms with E-state index in [1.165, 1.54) is 36.7 Å². The molecule has 0 heterocycles. The van der Waals surface area contributed by atoms with Crippen molar-refractivity contribution in [2.75, 3.05) is 0 Å². The number of rotatable bonds is 4. The van der Waals surface area contributed by atoms with Crippen molar-refractivity contribution in [3.8, 4) is 11.5 Å². The summed E-state index contributed by atoms with van der Waals surface area (Å²) in [5, 5.41) is 26.0. The molecule has 2 rings (SSSR count). The Morgan fingerprint density at radius 1 is 0.864 bits per heavy atom. The molecule has 2 aromatic carbocycles. The van der Waals surface area contributed by atoms with Crippen LogP contribution in [-0.4, -0.2) is 28.7 Å². The fraction of sp³-hybridized carbons (Fsp3) is 0. The van der Waals surface area contributed by atoms with Gasteiger partial charge in [0.1, 0.15) is 11.5 Å². The Bertz CT molecular complexity index is 654. The normalized spacial score (nSPS) is 10.9. The number of phenolic OH excluding ortho intramolecular Hbond substituents is 2. The molecule has 4 N–H and O–H groups in total. The van der Waals surface area contributed by atoms with Crippen molar-refractivity contribution in [3.05, 3.63) is 59.7 Å². The lowest BCUT2D eigenvalue weighted by Crippen LogP contribution is -2.28. The zero-order valence-corrected chi connectivity index (χ0v) is 11.5. The van der Waals surface area contributed by atoms with Crippen LogP contribution in [0.4, 0.5) is 4.79 Å². The molecule has 0 spiro atoms. The van der Waals surface area contributed by atoms with Crippen LogP contribution in [0.2, 0.25) is 0 Å². The van der Waals surface area contributed by atoms with E-state index in [1.807, 2.05) is 0 Å². The van der Waals surface area contributed by atoms with Crippen LogP contribution in [0, 0.1) is 0 Å². The monoisotopic (exact) mass is 298 g/mol. The smallest absolute Gasteiger partial charge is 0.355 e. The lowest BCUT2D eigenvalue weighted by atomic mass is 10.2. The Balaban J connectivity index is 1.81. The number of carbonyl (C=O) groups is 1. The van der Waals surface area contributed by atoms with E-state index >= 15 is 0 Å². The second kappa shape index (κ2) is 7.44. The van der Waals surface area contributed by atoms with Crippen LogP contribution in [0.1, 0.15) is 11.1 Å². The molecule has 0 aromatic heterocycles. The van der Waals surface area contributed by atoms with E-state index in [4.69, 9.17) is 0 Å². The number of hydrogen-bond acceptors (Lipinski definition) is 5. The lowest BCUT2D eigenvalue weighted by molar-refractivity contribution is 0.242. The van der Waals surface area contributed by atoms with Crippen molar-refractivity contribution >= 4 is 18.5 Å². The van der Waals surface area contributed by atoms with Crippen LogP contribution in [0.25, 0.3) is 0 Å². The Morgan fingerprint density at radius 2 is 1.32 bits per heavy atom. The molecule has 7 nitrogen and oxygen atoms in total. The second-order valence-corrected chi connectivity index (χ2v) is 4.26. The molecule has 112 valence electrons. The van der Waals surface area contributed by atoms with Crippen LogP contribution < -0.4 is 10.9 Å². The van der Waals surface area contributed by atoms with Gasteiger partial charge in [0.2, 0.25) is 0 Å². The number of hydrogen-bond donors (Lipinski definition) is 4. The number of hydrazone groups is 2. The number of amides is 2. The van der Waals surface area contributed by atoms with E-state index in [2.05, 4.69) is 21.1 Å². The molecule has 0 saturated heterocycles. The highest BCUT2D eigenvalue weighted by Crippen LogP contribution is 2.09. The van der Waals surface area contributed by atoms with Gasteiger partial charge in [0.15, 0.2) is 0 Å². The van der Waals surface area contributed by atoms with E-state index < -0.39 is 6.03 Å². The lowest BCUT2D eigenvalue weighted by Gasteiger charge is -1.98. The second-order valence-electron chi connectivity index (χ2n) is 4.26. The fourth-order valence-corrected chi connectivity index (χ4v) is 1.57. The Kier molecular flexibility index (Phi) is 5.09. The zero-order chi connectivity index (χ0) is 15.8. The van der Waals surface area contributed by atoms with Gasteiger partial charge in [0.05, 0.1) is 12.4 Å². The first-order chi connectivity index (χ1) is 10.6. The van der Waals surface area contributed by atoms with Gasteiger partial charge in [-0.1, -0.05) is 24.3 Å². The summed E-state index contributed by atoms with van der Waals surface area (Å²) in [7, 11) is 0. The molecule has 2 amide bonds. The third kappa shape index (κ3) is 4.97. The van der Waals surface area contributed by atoms with Crippen molar-refractivity contribution in [1.82, 2.24) is 10.9 Å². The SMILES string of the molecule is O=C(N/N=C\c1cccc(O)c1)N/N=C\c1cccc(O)c1. The number of benzene rings is 2. The topological polar surface area (TPSA) is 106 Å². The molecule has 0 aliphatic rings. The molecule has 0 unspecified atom stereocenters. The van der Waals surface area contributed by atoms with E-state index in [9.17, 15) is 15.0 Å². The van der Waals surface area contributed by atoms with Gasteiger partial charge in [0.25, 0.3) is 0 Å². The third-order valence-electron chi connectivity index (χ3n) is 2.50. The molecule has 22 heavy (non-hydrogen) atoms. The summed E-state index contributed by atoms with van der Waals surface area (Å²) in [5.41, 5.74) is 5.73. The molecule has 0 bridgehead atoms. The molecule has 7 heteroatoms. The van der Waals surface area contributed by atoms with Crippen molar-refractivity contribution in [3.63, 3.8) is 0 Å². The maximum absolute atomic E-state index is 11.4. The average molecular weight is 298 g/mol. The quantitative estimate of drug-likeness (QED) is 0.510. The minimum Gasteiger partial charge on any atom is -0.508 e. The highest BCUT2D eigenvalue weighted by Gasteiger charge is 1.95. The summed E-state index contributed by atoms with van der Waals surface area (Å²) < 4.78 is 0. The molecular formula is C15H14N4O3. The summed E-state index contributed by atoms with van der Waals surface area (Å²) >= 11 is 0. The number of nitrogens with zero attached hydrogens (tertiary/aromatic N) is 2. The van der Waals surface area contributed by atoms with E-state index in [0.717, 1.165) is 0 Å². The Hall–Kier alpha value is -3.35. The van der Waals surface area contributed by atoms with Gasteiger partial charge in [-0.25, -0.2) is 15.6 Å². The van der Waals surface area contributed by atoms with Gasteiger partial charge in [0, 0.05) is 0 Å². The van der Waals surface area contributed by atoms with E-state index in [1.54, 1.807) is 24.3 Å². The summed E-state index contributed by atoms with van der Waals surface area (Å²) in [4.78, 5) is 11.4. The number of urea groups is 1. The van der Waals surface area contributed by atoms with Gasteiger partial charge in [-0.15, -0.1) is 0 Å². The van der Waals surface area contributed by atoms with Crippen LogP contribution >= 0.6 is 0 Å². The molecule has 0 aliphatic carbocycles. The summed E-state index contributed by atoms with van der Waals surface area (Å²) in [6, 6.07) is 12.2. The predicted octanol–water partition coefficient (Wildman–Crippen LogP) is 1.76. The van der Waals surface area contributed by atoms with Crippen LogP contribution in [-0.2, 0) is 0 Å². The molecule has 0 saturated carbocycles. The summed E-state index contributed by atoms with van der Waals surface area (Å²) in [6.45, 7) is 0. The number of nitrogens with one attached hydrogen (secondary N) is 2. The zero-order valence-electron chi connectivity index (χ0n) is 11.5. The van der Waals surface area contributed by atoms with Crippen LogP contribution in [0.15, 0.2) is 58.7 Å². The molecule has 0 atom stereocenters. The third-order valence-corrected chi connectivity index (χ3v) is 2.50. The number of carbonyl (C=O) groups excluding carboxylic acids is 1. The molecule has 2 aromatic rings.